The molecule has 90 valence electrons. The summed E-state index contributed by atoms with van der Waals surface area (Å²) in [5.41, 5.74) is -1.95. The van der Waals surface area contributed by atoms with Crippen LogP contribution < -0.4 is 0 Å². The monoisotopic (exact) mass is 303 g/mol. The number of carbonyl (C=O) groups excluding carboxylic acids is 1. The summed E-state index contributed by atoms with van der Waals surface area (Å²) in [4.78, 5) is 11.0. The topological polar surface area (TPSA) is 50.1 Å². The Kier molecular flexibility index (Phi) is 3.92. The van der Waals surface area contributed by atoms with Gasteiger partial charge in [-0.2, -0.15) is 5.26 Å². The van der Waals surface area contributed by atoms with E-state index < -0.39 is 20.2 Å². The van der Waals surface area contributed by atoms with Crippen LogP contribution in [0.25, 0.3) is 0 Å². The molecule has 0 unspecified atom stereocenters. The number of hydrogen-bond donors (Lipinski definition) is 0. The van der Waals surface area contributed by atoms with Gasteiger partial charge in [0.15, 0.2) is 8.67 Å². The van der Waals surface area contributed by atoms with Crippen LogP contribution in [0.1, 0.15) is 26.2 Å². The molecule has 0 saturated heterocycles. The maximum absolute atomic E-state index is 11.0. The van der Waals surface area contributed by atoms with Gasteiger partial charge in [0, 0.05) is 6.92 Å². The third kappa shape index (κ3) is 2.09. The van der Waals surface area contributed by atoms with Crippen LogP contribution in [0.3, 0.4) is 0 Å². The smallest absolute Gasteiger partial charge is 0.304 e. The van der Waals surface area contributed by atoms with Crippen LogP contribution in [0, 0.1) is 11.3 Å². The van der Waals surface area contributed by atoms with Gasteiger partial charge in [-0.05, 0) is 19.3 Å². The van der Waals surface area contributed by atoms with Crippen molar-refractivity contribution in [2.24, 2.45) is 0 Å². The lowest BCUT2D eigenvalue weighted by molar-refractivity contribution is -0.155. The standard InChI is InChI=1S/C9H9Cl4NO2/c1-6(15)16-7(5-14)8(10,11)3-2-4-9(7,12)13/h2-4H2,1H3. The quantitative estimate of drug-likeness (QED) is 0.551. The molecule has 16 heavy (non-hydrogen) atoms. The number of rotatable bonds is 1. The highest BCUT2D eigenvalue weighted by Crippen LogP contribution is 2.56. The van der Waals surface area contributed by atoms with E-state index in [0.29, 0.717) is 6.42 Å². The summed E-state index contributed by atoms with van der Waals surface area (Å²) in [5, 5.41) is 9.20. The van der Waals surface area contributed by atoms with Crippen LogP contribution in [-0.4, -0.2) is 20.2 Å². The molecule has 1 fully saturated rings. The molecule has 0 heterocycles. The van der Waals surface area contributed by atoms with Gasteiger partial charge in [-0.3, -0.25) is 4.79 Å². The van der Waals surface area contributed by atoms with Crippen LogP contribution in [0.4, 0.5) is 0 Å². The molecule has 0 aromatic heterocycles. The Morgan fingerprint density at radius 2 is 1.69 bits per heavy atom. The predicted octanol–water partition coefficient (Wildman–Crippen LogP) is 3.34. The minimum Gasteiger partial charge on any atom is -0.437 e. The molecule has 0 atom stereocenters. The van der Waals surface area contributed by atoms with Gasteiger partial charge in [0.1, 0.15) is 6.07 Å². The lowest BCUT2D eigenvalue weighted by Gasteiger charge is -2.47. The van der Waals surface area contributed by atoms with Crippen molar-refractivity contribution < 1.29 is 9.53 Å². The molecule has 1 aliphatic carbocycles. The van der Waals surface area contributed by atoms with Crippen molar-refractivity contribution in [1.29, 1.82) is 5.26 Å². The normalized spacial score (nSPS) is 25.5. The van der Waals surface area contributed by atoms with E-state index in [1.54, 1.807) is 6.07 Å². The molecule has 1 aliphatic rings. The minimum atomic E-state index is -1.95. The van der Waals surface area contributed by atoms with Crippen LogP contribution in [0.2, 0.25) is 0 Å². The van der Waals surface area contributed by atoms with Gasteiger partial charge in [-0.15, -0.1) is 0 Å². The fraction of sp³-hybridized carbons (Fsp3) is 0.778. The fourth-order valence-electron chi connectivity index (χ4n) is 1.70. The van der Waals surface area contributed by atoms with E-state index in [0.717, 1.165) is 6.92 Å². The fourth-order valence-corrected chi connectivity index (χ4v) is 3.40. The number of alkyl halides is 4. The summed E-state index contributed by atoms with van der Waals surface area (Å²) in [6.07, 6.45) is 1.10. The van der Waals surface area contributed by atoms with Gasteiger partial charge in [0.25, 0.3) is 5.60 Å². The second-order valence-corrected chi connectivity index (χ2v) is 6.62. The number of nitrogens with zero attached hydrogens (tertiary/aromatic N) is 1. The molecule has 0 aliphatic heterocycles. The first-order valence-corrected chi connectivity index (χ1v) is 6.06. The Hall–Kier alpha value is 0.120. The maximum Gasteiger partial charge on any atom is 0.304 e. The zero-order valence-electron chi connectivity index (χ0n) is 8.40. The van der Waals surface area contributed by atoms with E-state index in [1.807, 2.05) is 0 Å². The maximum atomic E-state index is 11.0. The van der Waals surface area contributed by atoms with Crippen LogP contribution >= 0.6 is 46.4 Å². The average molecular weight is 305 g/mol. The summed E-state index contributed by atoms with van der Waals surface area (Å²) in [7, 11) is 0. The second kappa shape index (κ2) is 4.42. The Labute approximate surface area is 114 Å². The summed E-state index contributed by atoms with van der Waals surface area (Å²) in [5.74, 6) is -0.709. The van der Waals surface area contributed by atoms with Crippen LogP contribution in [0.5, 0.6) is 0 Å². The van der Waals surface area contributed by atoms with Gasteiger partial charge in [0.05, 0.1) is 0 Å². The van der Waals surface area contributed by atoms with Gasteiger partial charge >= 0.3 is 5.97 Å². The summed E-state index contributed by atoms with van der Waals surface area (Å²) in [6, 6.07) is 1.76. The third-order valence-electron chi connectivity index (χ3n) is 2.47. The largest absolute Gasteiger partial charge is 0.437 e. The molecule has 0 spiro atoms. The Morgan fingerprint density at radius 1 is 1.25 bits per heavy atom. The molecule has 0 aromatic carbocycles. The van der Waals surface area contributed by atoms with E-state index in [1.165, 1.54) is 0 Å². The van der Waals surface area contributed by atoms with Crippen LogP contribution in [-0.2, 0) is 9.53 Å². The van der Waals surface area contributed by atoms with Gasteiger partial charge in [0.2, 0.25) is 0 Å². The molecule has 0 N–H and O–H groups in total. The Balaban J connectivity index is 3.27. The number of halogens is 4. The molecular formula is C9H9Cl4NO2. The average Bonchev–Trinajstić information content (AvgIpc) is 2.10. The van der Waals surface area contributed by atoms with Crippen molar-refractivity contribution in [3.63, 3.8) is 0 Å². The number of esters is 1. The van der Waals surface area contributed by atoms with Gasteiger partial charge in [-0.1, -0.05) is 46.4 Å². The first-order chi connectivity index (χ1) is 7.18. The zero-order valence-corrected chi connectivity index (χ0v) is 11.4. The van der Waals surface area contributed by atoms with E-state index in [4.69, 9.17) is 51.1 Å². The molecule has 1 saturated carbocycles. The molecule has 3 nitrogen and oxygen atoms in total. The molecule has 0 aromatic rings. The van der Waals surface area contributed by atoms with Crippen molar-refractivity contribution in [1.82, 2.24) is 0 Å². The molecule has 0 bridgehead atoms. The van der Waals surface area contributed by atoms with Crippen molar-refractivity contribution in [3.05, 3.63) is 0 Å². The minimum absolute atomic E-state index is 0.276. The molecular weight excluding hydrogens is 296 g/mol. The third-order valence-corrected chi connectivity index (χ3v) is 4.29. The highest BCUT2D eigenvalue weighted by molar-refractivity contribution is 6.55. The van der Waals surface area contributed by atoms with Crippen molar-refractivity contribution in [3.8, 4) is 6.07 Å². The van der Waals surface area contributed by atoms with Crippen molar-refractivity contribution >= 4 is 52.4 Å². The Bertz CT molecular complexity index is 332. The lowest BCUT2D eigenvalue weighted by Crippen LogP contribution is -2.62. The number of ether oxygens (including phenoxy) is 1. The van der Waals surface area contributed by atoms with Gasteiger partial charge in [-0.25, -0.2) is 0 Å². The number of carbonyl (C=O) groups is 1. The SMILES string of the molecule is CC(=O)OC1(C#N)C(Cl)(Cl)CCCC1(Cl)Cl. The predicted molar refractivity (Wildman–Crippen MR) is 62.8 cm³/mol. The zero-order chi connectivity index (χ0) is 12.6. The Morgan fingerprint density at radius 3 is 2.00 bits per heavy atom. The first-order valence-electron chi connectivity index (χ1n) is 4.55. The van der Waals surface area contributed by atoms with E-state index in [-0.39, 0.29) is 12.8 Å². The van der Waals surface area contributed by atoms with Gasteiger partial charge < -0.3 is 4.74 Å². The molecule has 0 radical (unpaired) electrons. The van der Waals surface area contributed by atoms with Crippen LogP contribution in [0.15, 0.2) is 0 Å². The summed E-state index contributed by atoms with van der Waals surface area (Å²) >= 11 is 24.1. The molecule has 1 rings (SSSR count). The van der Waals surface area contributed by atoms with E-state index in [9.17, 15) is 10.1 Å². The summed E-state index contributed by atoms with van der Waals surface area (Å²) < 4.78 is 1.70. The number of nitriles is 1. The highest BCUT2D eigenvalue weighted by Gasteiger charge is 2.67. The lowest BCUT2D eigenvalue weighted by atomic mass is 9.83. The summed E-state index contributed by atoms with van der Waals surface area (Å²) in [6.45, 7) is 1.14. The van der Waals surface area contributed by atoms with E-state index >= 15 is 0 Å². The van der Waals surface area contributed by atoms with Crippen molar-refractivity contribution in [2.45, 2.75) is 40.5 Å². The highest BCUT2D eigenvalue weighted by atomic mass is 35.5. The van der Waals surface area contributed by atoms with E-state index in [2.05, 4.69) is 0 Å². The second-order valence-electron chi connectivity index (χ2n) is 3.65. The molecule has 7 heteroatoms. The van der Waals surface area contributed by atoms with Crippen molar-refractivity contribution in [2.75, 3.05) is 0 Å². The first kappa shape index (κ1) is 14.2. The number of hydrogen-bond acceptors (Lipinski definition) is 3. The molecule has 0 amide bonds.